The standard InChI is InChI=1S/C17H14N8O6/c1-31-16-12(7-13(24(27)28)8-14(16)25(29)30)9-18-19-15(26)10-23-21-17(20-22-23)11-5-3-2-4-6-11/h2-9H,10H2,1H3,(H,19,26)/b18-9-. The fraction of sp³-hybridized carbons (Fsp3) is 0.118. The zero-order valence-electron chi connectivity index (χ0n) is 15.9. The molecule has 0 spiro atoms. The number of ether oxygens (including phenoxy) is 1. The molecule has 0 unspecified atom stereocenters. The van der Waals surface area contributed by atoms with Crippen molar-refractivity contribution in [3.8, 4) is 17.1 Å². The number of aromatic nitrogens is 4. The molecule has 0 bridgehead atoms. The molecule has 0 aliphatic heterocycles. The average molecular weight is 426 g/mol. The molecule has 158 valence electrons. The number of nitrogens with zero attached hydrogens (tertiary/aromatic N) is 7. The molecular weight excluding hydrogens is 412 g/mol. The number of amides is 1. The van der Waals surface area contributed by atoms with Crippen molar-refractivity contribution in [1.29, 1.82) is 0 Å². The molecule has 3 rings (SSSR count). The van der Waals surface area contributed by atoms with Crippen molar-refractivity contribution in [2.75, 3.05) is 7.11 Å². The third kappa shape index (κ3) is 5.00. The van der Waals surface area contributed by atoms with Crippen molar-refractivity contribution in [3.05, 3.63) is 68.3 Å². The van der Waals surface area contributed by atoms with Gasteiger partial charge in [-0.2, -0.15) is 9.90 Å². The second kappa shape index (κ2) is 9.17. The predicted octanol–water partition coefficient (Wildman–Crippen LogP) is 1.32. The van der Waals surface area contributed by atoms with Crippen LogP contribution < -0.4 is 10.2 Å². The number of nitrogens with one attached hydrogen (secondary N) is 1. The zero-order valence-corrected chi connectivity index (χ0v) is 15.9. The summed E-state index contributed by atoms with van der Waals surface area (Å²) in [5, 5.41) is 37.6. The molecule has 0 saturated heterocycles. The molecule has 3 aromatic rings. The monoisotopic (exact) mass is 426 g/mol. The first-order valence-corrected chi connectivity index (χ1v) is 8.55. The van der Waals surface area contributed by atoms with Crippen molar-refractivity contribution in [1.82, 2.24) is 25.6 Å². The minimum atomic E-state index is -0.817. The number of methoxy groups -OCH3 is 1. The Bertz CT molecular complexity index is 1160. The van der Waals surface area contributed by atoms with E-state index >= 15 is 0 Å². The summed E-state index contributed by atoms with van der Waals surface area (Å²) in [6.07, 6.45) is 1.00. The number of tetrazole rings is 1. The normalized spacial score (nSPS) is 10.7. The quantitative estimate of drug-likeness (QED) is 0.315. The van der Waals surface area contributed by atoms with E-state index in [4.69, 9.17) is 4.74 Å². The van der Waals surface area contributed by atoms with Crippen LogP contribution in [-0.4, -0.2) is 49.3 Å². The van der Waals surface area contributed by atoms with Gasteiger partial charge in [0.2, 0.25) is 11.6 Å². The molecule has 0 radical (unpaired) electrons. The number of benzene rings is 2. The van der Waals surface area contributed by atoms with E-state index in [-0.39, 0.29) is 17.9 Å². The van der Waals surface area contributed by atoms with Crippen LogP contribution in [0.15, 0.2) is 47.6 Å². The third-order valence-electron chi connectivity index (χ3n) is 3.86. The highest BCUT2D eigenvalue weighted by Crippen LogP contribution is 2.34. The number of carbonyl (C=O) groups is 1. The number of rotatable bonds is 8. The maximum atomic E-state index is 12.1. The van der Waals surface area contributed by atoms with Gasteiger partial charge in [-0.15, -0.1) is 10.2 Å². The molecule has 1 amide bonds. The molecule has 0 aliphatic carbocycles. The third-order valence-corrected chi connectivity index (χ3v) is 3.86. The van der Waals surface area contributed by atoms with Gasteiger partial charge in [-0.05, 0) is 5.21 Å². The van der Waals surface area contributed by atoms with Crippen molar-refractivity contribution < 1.29 is 19.4 Å². The number of hydrogen-bond acceptors (Lipinski definition) is 10. The van der Waals surface area contributed by atoms with Crippen LogP contribution in [0.3, 0.4) is 0 Å². The molecular formula is C17H14N8O6. The zero-order chi connectivity index (χ0) is 22.4. The number of nitro benzene ring substituents is 2. The van der Waals surface area contributed by atoms with E-state index in [1.165, 1.54) is 7.11 Å². The molecule has 0 aliphatic rings. The van der Waals surface area contributed by atoms with E-state index in [0.717, 1.165) is 28.7 Å². The van der Waals surface area contributed by atoms with Gasteiger partial charge in [-0.3, -0.25) is 25.0 Å². The van der Waals surface area contributed by atoms with Crippen molar-refractivity contribution in [2.24, 2.45) is 5.10 Å². The SMILES string of the molecule is COc1c(/C=N\NC(=O)Cn2nnc(-c3ccccc3)n2)cc([N+](=O)[O-])cc1[N+](=O)[O-]. The smallest absolute Gasteiger partial charge is 0.318 e. The van der Waals surface area contributed by atoms with Crippen LogP contribution in [0.4, 0.5) is 11.4 Å². The average Bonchev–Trinajstić information content (AvgIpc) is 3.22. The van der Waals surface area contributed by atoms with Gasteiger partial charge in [0, 0.05) is 11.6 Å². The highest BCUT2D eigenvalue weighted by Gasteiger charge is 2.24. The number of carbonyl (C=O) groups excluding carboxylic acids is 1. The molecule has 0 atom stereocenters. The number of non-ortho nitro benzene ring substituents is 1. The summed E-state index contributed by atoms with van der Waals surface area (Å²) in [6.45, 7) is -0.302. The van der Waals surface area contributed by atoms with Crippen LogP contribution in [0.1, 0.15) is 5.56 Å². The van der Waals surface area contributed by atoms with Gasteiger partial charge in [0.1, 0.15) is 6.54 Å². The van der Waals surface area contributed by atoms with E-state index in [1.54, 1.807) is 12.1 Å². The number of hydrogen-bond donors (Lipinski definition) is 1. The van der Waals surface area contributed by atoms with Gasteiger partial charge in [-0.25, -0.2) is 5.43 Å². The topological polar surface area (TPSA) is 181 Å². The lowest BCUT2D eigenvalue weighted by atomic mass is 10.1. The lowest BCUT2D eigenvalue weighted by Crippen LogP contribution is -2.24. The molecule has 14 heteroatoms. The summed E-state index contributed by atoms with van der Waals surface area (Å²) in [6, 6.07) is 10.8. The summed E-state index contributed by atoms with van der Waals surface area (Å²) in [5.74, 6) is -0.517. The molecule has 14 nitrogen and oxygen atoms in total. The van der Waals surface area contributed by atoms with Crippen LogP contribution in [-0.2, 0) is 11.3 Å². The van der Waals surface area contributed by atoms with Gasteiger partial charge in [-0.1, -0.05) is 30.3 Å². The van der Waals surface area contributed by atoms with E-state index in [2.05, 4.69) is 25.9 Å². The molecule has 0 fully saturated rings. The highest BCUT2D eigenvalue weighted by atomic mass is 16.6. The predicted molar refractivity (Wildman–Crippen MR) is 105 cm³/mol. The minimum Gasteiger partial charge on any atom is -0.490 e. The van der Waals surface area contributed by atoms with Gasteiger partial charge in [0.25, 0.3) is 11.6 Å². The largest absolute Gasteiger partial charge is 0.490 e. The Hall–Kier alpha value is -4.75. The fourth-order valence-corrected chi connectivity index (χ4v) is 2.53. The van der Waals surface area contributed by atoms with E-state index < -0.39 is 27.1 Å². The number of hydrazone groups is 1. The van der Waals surface area contributed by atoms with Crippen LogP contribution in [0, 0.1) is 20.2 Å². The Morgan fingerprint density at radius 3 is 2.61 bits per heavy atom. The van der Waals surface area contributed by atoms with Gasteiger partial charge < -0.3 is 4.74 Å². The van der Waals surface area contributed by atoms with Crippen molar-refractivity contribution >= 4 is 23.5 Å². The molecule has 1 heterocycles. The Labute approximate surface area is 173 Å². The molecule has 0 saturated carbocycles. The minimum absolute atomic E-state index is 0.0612. The van der Waals surface area contributed by atoms with Gasteiger partial charge in [0.15, 0.2) is 0 Å². The lowest BCUT2D eigenvalue weighted by Gasteiger charge is -2.05. The Balaban J connectivity index is 1.72. The van der Waals surface area contributed by atoms with Crippen LogP contribution in [0.5, 0.6) is 5.75 Å². The Morgan fingerprint density at radius 2 is 1.97 bits per heavy atom. The summed E-state index contributed by atoms with van der Waals surface area (Å²) < 4.78 is 4.97. The molecule has 1 aromatic heterocycles. The molecule has 2 aromatic carbocycles. The van der Waals surface area contributed by atoms with Crippen molar-refractivity contribution in [2.45, 2.75) is 6.54 Å². The number of nitro groups is 2. The van der Waals surface area contributed by atoms with Crippen LogP contribution in [0.2, 0.25) is 0 Å². The summed E-state index contributed by atoms with van der Waals surface area (Å²) in [4.78, 5) is 33.7. The maximum absolute atomic E-state index is 12.1. The second-order valence-electron chi connectivity index (χ2n) is 5.90. The summed E-state index contributed by atoms with van der Waals surface area (Å²) in [5.41, 5.74) is 1.72. The fourth-order valence-electron chi connectivity index (χ4n) is 2.53. The summed E-state index contributed by atoms with van der Waals surface area (Å²) in [7, 11) is 1.17. The van der Waals surface area contributed by atoms with Crippen LogP contribution >= 0.6 is 0 Å². The first kappa shape index (κ1) is 21.0. The van der Waals surface area contributed by atoms with E-state index in [0.29, 0.717) is 5.82 Å². The van der Waals surface area contributed by atoms with Gasteiger partial charge in [0.05, 0.1) is 34.8 Å². The van der Waals surface area contributed by atoms with E-state index in [1.807, 2.05) is 18.2 Å². The maximum Gasteiger partial charge on any atom is 0.318 e. The lowest BCUT2D eigenvalue weighted by molar-refractivity contribution is -0.394. The Morgan fingerprint density at radius 1 is 1.23 bits per heavy atom. The first-order chi connectivity index (χ1) is 14.9. The molecule has 31 heavy (non-hydrogen) atoms. The summed E-state index contributed by atoms with van der Waals surface area (Å²) >= 11 is 0. The van der Waals surface area contributed by atoms with Crippen LogP contribution in [0.25, 0.3) is 11.4 Å². The first-order valence-electron chi connectivity index (χ1n) is 8.55. The Kier molecular flexibility index (Phi) is 6.20. The second-order valence-corrected chi connectivity index (χ2v) is 5.90. The van der Waals surface area contributed by atoms with E-state index in [9.17, 15) is 25.0 Å². The highest BCUT2D eigenvalue weighted by molar-refractivity contribution is 5.88. The van der Waals surface area contributed by atoms with Crippen molar-refractivity contribution in [3.63, 3.8) is 0 Å². The van der Waals surface area contributed by atoms with Gasteiger partial charge >= 0.3 is 5.69 Å². The molecule has 1 N–H and O–H groups in total.